The van der Waals surface area contributed by atoms with Gasteiger partial charge in [0.1, 0.15) is 5.75 Å². The second-order valence-electron chi connectivity index (χ2n) is 8.06. The number of thiol groups is 1. The summed E-state index contributed by atoms with van der Waals surface area (Å²) in [5.41, 5.74) is 15.6. The van der Waals surface area contributed by atoms with E-state index in [1.807, 2.05) is 59.7 Å². The van der Waals surface area contributed by atoms with Crippen molar-refractivity contribution in [3.63, 3.8) is 0 Å². The lowest BCUT2D eigenvalue weighted by Crippen LogP contribution is -2.39. The van der Waals surface area contributed by atoms with Gasteiger partial charge in [-0.2, -0.15) is 12.6 Å². The van der Waals surface area contributed by atoms with E-state index >= 15 is 0 Å². The highest BCUT2D eigenvalue weighted by Crippen LogP contribution is 2.35. The molecule has 1 atom stereocenters. The van der Waals surface area contributed by atoms with Crippen LogP contribution in [0.15, 0.2) is 42.5 Å². The Labute approximate surface area is 203 Å². The highest BCUT2D eigenvalue weighted by Gasteiger charge is 2.25. The van der Waals surface area contributed by atoms with Crippen LogP contribution < -0.4 is 16.2 Å². The molecular weight excluding hydrogens is 412 g/mol. The molecule has 0 spiro atoms. The highest BCUT2D eigenvalue weighted by molar-refractivity contribution is 7.80. The van der Waals surface area contributed by atoms with Gasteiger partial charge in [0.25, 0.3) is 0 Å². The molecule has 0 aliphatic heterocycles. The average molecular weight is 461 g/mol. The van der Waals surface area contributed by atoms with E-state index < -0.39 is 5.72 Å². The first-order chi connectivity index (χ1) is 15.3. The molecular formula is C28H48N2OS. The first-order valence-corrected chi connectivity index (χ1v) is 12.9. The van der Waals surface area contributed by atoms with E-state index in [0.717, 1.165) is 11.1 Å². The van der Waals surface area contributed by atoms with Gasteiger partial charge in [-0.25, -0.2) is 0 Å². The number of hydrogen-bond acceptors (Lipinski definition) is 4. The molecule has 3 rings (SSSR count). The topological polar surface area (TPSA) is 61.3 Å². The van der Waals surface area contributed by atoms with Gasteiger partial charge in [-0.3, -0.25) is 5.73 Å². The number of aryl methyl sites for hydroxylation is 1. The summed E-state index contributed by atoms with van der Waals surface area (Å²) in [7, 11) is 0. The third kappa shape index (κ3) is 9.87. The Morgan fingerprint density at radius 2 is 1.44 bits per heavy atom. The first-order valence-electron chi connectivity index (χ1n) is 12.4. The number of hydrogen-bond donors (Lipinski definition) is 3. The van der Waals surface area contributed by atoms with Crippen LogP contribution in [0.4, 0.5) is 5.69 Å². The molecule has 2 aromatic rings. The van der Waals surface area contributed by atoms with Crippen molar-refractivity contribution in [2.45, 2.75) is 104 Å². The van der Waals surface area contributed by atoms with Crippen molar-refractivity contribution in [1.82, 2.24) is 0 Å². The molecule has 182 valence electrons. The minimum atomic E-state index is -0.900. The van der Waals surface area contributed by atoms with Gasteiger partial charge in [-0.1, -0.05) is 78.3 Å². The Hall–Kier alpha value is -1.65. The predicted octanol–water partition coefficient (Wildman–Crippen LogP) is 8.21. The average Bonchev–Trinajstić information content (AvgIpc) is 2.80. The Morgan fingerprint density at radius 1 is 0.938 bits per heavy atom. The standard InChI is InChI=1S/C21H28N2OS.C3H8.2C2H6/c1-14-3-10-18(13-20(14)22)24-21(2,23)17-8-4-15(5-9-17)16-6-11-19(25)12-7-16;1-3-2;2*1-2/h3-5,8-10,13,16,19,25H,6-7,11-12,22-23H2,1-2H3;3H2,1-2H3;2*1-2H3. The molecule has 0 aromatic heterocycles. The van der Waals surface area contributed by atoms with Gasteiger partial charge >= 0.3 is 0 Å². The van der Waals surface area contributed by atoms with Crippen LogP contribution >= 0.6 is 12.6 Å². The van der Waals surface area contributed by atoms with E-state index in [4.69, 9.17) is 16.2 Å². The minimum absolute atomic E-state index is 0.568. The Kier molecular flexibility index (Phi) is 15.2. The molecule has 32 heavy (non-hydrogen) atoms. The summed E-state index contributed by atoms with van der Waals surface area (Å²) in [6.45, 7) is 16.1. The van der Waals surface area contributed by atoms with Crippen molar-refractivity contribution < 1.29 is 4.74 Å². The van der Waals surface area contributed by atoms with Crippen LogP contribution in [0.2, 0.25) is 0 Å². The van der Waals surface area contributed by atoms with Crippen molar-refractivity contribution in [1.29, 1.82) is 0 Å². The molecule has 3 nitrogen and oxygen atoms in total. The van der Waals surface area contributed by atoms with Crippen molar-refractivity contribution in [2.75, 3.05) is 5.73 Å². The third-order valence-electron chi connectivity index (χ3n) is 5.23. The molecule has 4 N–H and O–H groups in total. The summed E-state index contributed by atoms with van der Waals surface area (Å²) < 4.78 is 6.01. The maximum absolute atomic E-state index is 6.43. The van der Waals surface area contributed by atoms with Gasteiger partial charge in [0.05, 0.1) is 0 Å². The second-order valence-corrected chi connectivity index (χ2v) is 8.79. The number of ether oxygens (including phenoxy) is 1. The molecule has 2 aromatic carbocycles. The molecule has 1 aliphatic carbocycles. The highest BCUT2D eigenvalue weighted by atomic mass is 32.1. The summed E-state index contributed by atoms with van der Waals surface area (Å²) in [4.78, 5) is 0. The lowest BCUT2D eigenvalue weighted by atomic mass is 9.83. The van der Waals surface area contributed by atoms with Crippen LogP contribution in [0, 0.1) is 6.92 Å². The van der Waals surface area contributed by atoms with Crippen LogP contribution in [-0.4, -0.2) is 5.25 Å². The van der Waals surface area contributed by atoms with Gasteiger partial charge in [0.2, 0.25) is 0 Å². The van der Waals surface area contributed by atoms with Crippen LogP contribution in [0.3, 0.4) is 0 Å². The fourth-order valence-corrected chi connectivity index (χ4v) is 3.78. The molecule has 0 heterocycles. The fraction of sp³-hybridized carbons (Fsp3) is 0.571. The van der Waals surface area contributed by atoms with Crippen molar-refractivity contribution in [2.24, 2.45) is 5.73 Å². The molecule has 0 saturated heterocycles. The summed E-state index contributed by atoms with van der Waals surface area (Å²) in [5, 5.41) is 0.568. The van der Waals surface area contributed by atoms with Crippen LogP contribution in [0.5, 0.6) is 5.75 Å². The predicted molar refractivity (Wildman–Crippen MR) is 147 cm³/mol. The lowest BCUT2D eigenvalue weighted by Gasteiger charge is -2.29. The number of rotatable bonds is 4. The molecule has 1 saturated carbocycles. The zero-order chi connectivity index (χ0) is 24.7. The van der Waals surface area contributed by atoms with Gasteiger partial charge in [0, 0.05) is 22.6 Å². The van der Waals surface area contributed by atoms with Crippen LogP contribution in [0.1, 0.15) is 103 Å². The van der Waals surface area contributed by atoms with Crippen LogP contribution in [-0.2, 0) is 5.72 Å². The van der Waals surface area contributed by atoms with Crippen LogP contribution in [0.25, 0.3) is 0 Å². The lowest BCUT2D eigenvalue weighted by molar-refractivity contribution is 0.0947. The maximum atomic E-state index is 6.43. The Bertz CT molecular complexity index is 736. The molecule has 1 fully saturated rings. The Morgan fingerprint density at radius 3 is 1.91 bits per heavy atom. The zero-order valence-corrected chi connectivity index (χ0v) is 22.6. The smallest absolute Gasteiger partial charge is 0.181 e. The van der Waals surface area contributed by atoms with Gasteiger partial charge in [0.15, 0.2) is 5.72 Å². The van der Waals surface area contributed by atoms with Gasteiger partial charge in [-0.05, 0) is 62.6 Å². The third-order valence-corrected chi connectivity index (χ3v) is 5.75. The van der Waals surface area contributed by atoms with E-state index in [1.165, 1.54) is 37.7 Å². The summed E-state index contributed by atoms with van der Waals surface area (Å²) in [6, 6.07) is 14.2. The van der Waals surface area contributed by atoms with Crippen molar-refractivity contribution in [3.8, 4) is 5.75 Å². The molecule has 4 heteroatoms. The number of anilines is 1. The fourth-order valence-electron chi connectivity index (χ4n) is 3.48. The summed E-state index contributed by atoms with van der Waals surface area (Å²) >= 11 is 4.59. The monoisotopic (exact) mass is 460 g/mol. The molecule has 0 amide bonds. The SMILES string of the molecule is CC.CC.CCC.Cc1ccc(OC(C)(N)c2ccc(C3CCC(S)CC3)cc2)cc1N. The Balaban J connectivity index is 0.00000124. The molecule has 0 radical (unpaired) electrons. The quantitative estimate of drug-likeness (QED) is 0.245. The number of nitrogens with two attached hydrogens (primary N) is 2. The largest absolute Gasteiger partial charge is 0.469 e. The second kappa shape index (κ2) is 16.0. The molecule has 1 aliphatic rings. The summed E-state index contributed by atoms with van der Waals surface area (Å²) in [5.74, 6) is 1.32. The maximum Gasteiger partial charge on any atom is 0.181 e. The van der Waals surface area contributed by atoms with E-state index in [2.05, 4.69) is 50.7 Å². The van der Waals surface area contributed by atoms with Crippen molar-refractivity contribution in [3.05, 3.63) is 59.2 Å². The molecule has 1 unspecified atom stereocenters. The first kappa shape index (κ1) is 30.4. The van der Waals surface area contributed by atoms with Crippen molar-refractivity contribution >= 4 is 18.3 Å². The number of benzene rings is 2. The number of nitrogen functional groups attached to an aromatic ring is 1. The van der Waals surface area contributed by atoms with Gasteiger partial charge < -0.3 is 10.5 Å². The normalized spacial score (nSPS) is 18.9. The van der Waals surface area contributed by atoms with E-state index in [9.17, 15) is 0 Å². The van der Waals surface area contributed by atoms with E-state index in [-0.39, 0.29) is 0 Å². The zero-order valence-electron chi connectivity index (χ0n) is 21.7. The van der Waals surface area contributed by atoms with E-state index in [1.54, 1.807) is 0 Å². The van der Waals surface area contributed by atoms with E-state index in [0.29, 0.717) is 22.6 Å². The minimum Gasteiger partial charge on any atom is -0.469 e. The summed E-state index contributed by atoms with van der Waals surface area (Å²) in [6.07, 6.45) is 6.07. The molecule has 0 bridgehead atoms. The van der Waals surface area contributed by atoms with Gasteiger partial charge in [-0.15, -0.1) is 0 Å².